The molecule has 190 valence electrons. The van der Waals surface area contributed by atoms with Crippen molar-refractivity contribution in [3.63, 3.8) is 0 Å². The van der Waals surface area contributed by atoms with Gasteiger partial charge in [0, 0.05) is 50.0 Å². The van der Waals surface area contributed by atoms with Crippen LogP contribution >= 0.6 is 0 Å². The third kappa shape index (κ3) is 4.44. The zero-order chi connectivity index (χ0) is 26.4. The minimum absolute atomic E-state index is 0.0256. The molecule has 1 aromatic heterocycles. The van der Waals surface area contributed by atoms with Gasteiger partial charge >= 0.3 is 5.63 Å². The van der Waals surface area contributed by atoms with Crippen molar-refractivity contribution in [2.75, 3.05) is 25.5 Å². The molecule has 0 saturated heterocycles. The quantitative estimate of drug-likeness (QED) is 0.285. The lowest BCUT2D eigenvalue weighted by Gasteiger charge is -2.17. The van der Waals surface area contributed by atoms with Crippen molar-refractivity contribution in [2.45, 2.75) is 43.9 Å². The van der Waals surface area contributed by atoms with E-state index in [1.807, 2.05) is 38.9 Å². The molecule has 1 N–H and O–H groups in total. The van der Waals surface area contributed by atoms with E-state index in [9.17, 15) is 22.9 Å². The first-order chi connectivity index (χ1) is 16.9. The van der Waals surface area contributed by atoms with Gasteiger partial charge in [0.15, 0.2) is 5.71 Å². The van der Waals surface area contributed by atoms with Crippen molar-refractivity contribution in [3.05, 3.63) is 64.0 Å². The Morgan fingerprint density at radius 2 is 1.86 bits per heavy atom. The molecule has 0 bridgehead atoms. The first-order valence-electron chi connectivity index (χ1n) is 11.8. The average Bonchev–Trinajstić information content (AvgIpc) is 3.02. The largest absolute Gasteiger partial charge is 0.744 e. The highest BCUT2D eigenvalue weighted by Gasteiger charge is 2.44. The van der Waals surface area contributed by atoms with Gasteiger partial charge < -0.3 is 19.0 Å². The first-order valence-corrected chi connectivity index (χ1v) is 13.2. The van der Waals surface area contributed by atoms with Gasteiger partial charge in [0.25, 0.3) is 0 Å². The number of allylic oxidation sites excluding steroid dienone is 1. The monoisotopic (exact) mass is 510 g/mol. The summed E-state index contributed by atoms with van der Waals surface area (Å²) in [6.07, 6.45) is 5.12. The fourth-order valence-electron chi connectivity index (χ4n) is 4.64. The molecule has 1 aliphatic heterocycles. The highest BCUT2D eigenvalue weighted by Crippen LogP contribution is 2.41. The number of anilines is 1. The van der Waals surface area contributed by atoms with Crippen LogP contribution in [0.1, 0.15) is 44.7 Å². The molecule has 36 heavy (non-hydrogen) atoms. The predicted octanol–water partition coefficient (Wildman–Crippen LogP) is 4.36. The van der Waals surface area contributed by atoms with Gasteiger partial charge in [0.05, 0.1) is 15.7 Å². The number of benzene rings is 2. The van der Waals surface area contributed by atoms with Gasteiger partial charge in [-0.25, -0.2) is 13.2 Å². The molecule has 0 spiro atoms. The zero-order valence-corrected chi connectivity index (χ0v) is 21.8. The second-order valence-electron chi connectivity index (χ2n) is 9.71. The fraction of sp³-hybridized carbons (Fsp3) is 0.333. The van der Waals surface area contributed by atoms with Crippen molar-refractivity contribution in [1.82, 2.24) is 0 Å². The second kappa shape index (κ2) is 9.22. The molecule has 2 heterocycles. The number of aromatic hydroxyl groups is 1. The Labute approximate surface area is 210 Å². The number of hydrogen-bond acceptors (Lipinski definition) is 7. The second-order valence-corrected chi connectivity index (χ2v) is 11.1. The van der Waals surface area contributed by atoms with Crippen molar-refractivity contribution in [3.8, 4) is 5.75 Å². The first kappa shape index (κ1) is 25.7. The molecule has 0 radical (unpaired) electrons. The van der Waals surface area contributed by atoms with E-state index in [-0.39, 0.29) is 21.8 Å². The summed E-state index contributed by atoms with van der Waals surface area (Å²) in [4.78, 5) is 14.4. The lowest BCUT2D eigenvalue weighted by molar-refractivity contribution is -0.438. The smallest absolute Gasteiger partial charge is 0.347 e. The maximum Gasteiger partial charge on any atom is 0.347 e. The van der Waals surface area contributed by atoms with E-state index in [2.05, 4.69) is 11.5 Å². The molecule has 0 unspecified atom stereocenters. The minimum atomic E-state index is -4.61. The third-order valence-corrected chi connectivity index (χ3v) is 7.54. The maximum atomic E-state index is 12.8. The van der Waals surface area contributed by atoms with Crippen LogP contribution in [0.25, 0.3) is 17.0 Å². The van der Waals surface area contributed by atoms with Crippen LogP contribution in [0.15, 0.2) is 56.6 Å². The number of unbranched alkanes of at least 4 members (excludes halogenated alkanes) is 1. The summed E-state index contributed by atoms with van der Waals surface area (Å²) < 4.78 is 42.6. The Balaban J connectivity index is 1.84. The van der Waals surface area contributed by atoms with Crippen LogP contribution in [-0.4, -0.2) is 49.0 Å². The predicted molar refractivity (Wildman–Crippen MR) is 140 cm³/mol. The van der Waals surface area contributed by atoms with Crippen LogP contribution in [0, 0.1) is 0 Å². The normalized spacial score (nSPS) is 15.2. The molecule has 4 rings (SSSR count). The molecular weight excluding hydrogens is 480 g/mol. The lowest BCUT2D eigenvalue weighted by atomic mass is 9.81. The van der Waals surface area contributed by atoms with E-state index in [0.717, 1.165) is 29.9 Å². The van der Waals surface area contributed by atoms with E-state index in [4.69, 9.17) is 4.42 Å². The van der Waals surface area contributed by atoms with E-state index >= 15 is 0 Å². The molecule has 1 aliphatic rings. The molecule has 0 fully saturated rings. The van der Waals surface area contributed by atoms with Crippen molar-refractivity contribution < 1.29 is 27.1 Å². The molecule has 2 aromatic carbocycles. The molecule has 0 atom stereocenters. The van der Waals surface area contributed by atoms with E-state index in [0.29, 0.717) is 17.5 Å². The maximum absolute atomic E-state index is 12.8. The van der Waals surface area contributed by atoms with Crippen LogP contribution < -0.4 is 10.5 Å². The van der Waals surface area contributed by atoms with Crippen LogP contribution in [-0.2, 0) is 15.5 Å². The SMILES string of the molecule is CCCC[N+]1=C(/C=C/c2c(O)c3ccc(N(C)C)cc3oc2=O)C(C)(C)c2cc(S(=O)(=O)[O-])ccc21. The molecule has 0 saturated carbocycles. The van der Waals surface area contributed by atoms with Crippen molar-refractivity contribution >= 4 is 44.2 Å². The summed E-state index contributed by atoms with van der Waals surface area (Å²) in [6.45, 7) is 6.61. The highest BCUT2D eigenvalue weighted by atomic mass is 32.2. The van der Waals surface area contributed by atoms with Gasteiger partial charge in [-0.15, -0.1) is 0 Å². The van der Waals surface area contributed by atoms with Crippen LogP contribution in [0.5, 0.6) is 5.75 Å². The molecular formula is C27H30N2O6S. The van der Waals surface area contributed by atoms with Crippen LogP contribution in [0.3, 0.4) is 0 Å². The Morgan fingerprint density at radius 1 is 1.14 bits per heavy atom. The van der Waals surface area contributed by atoms with Gasteiger partial charge in [-0.1, -0.05) is 13.3 Å². The molecule has 3 aromatic rings. The summed E-state index contributed by atoms with van der Waals surface area (Å²) in [5, 5.41) is 11.3. The van der Waals surface area contributed by atoms with Gasteiger partial charge in [-0.3, -0.25) is 0 Å². The molecule has 8 nitrogen and oxygen atoms in total. The minimum Gasteiger partial charge on any atom is -0.744 e. The van der Waals surface area contributed by atoms with Crippen LogP contribution in [0.2, 0.25) is 0 Å². The Morgan fingerprint density at radius 3 is 2.50 bits per heavy atom. The lowest BCUT2D eigenvalue weighted by Crippen LogP contribution is -2.28. The fourth-order valence-corrected chi connectivity index (χ4v) is 5.14. The Kier molecular flexibility index (Phi) is 6.57. The van der Waals surface area contributed by atoms with Gasteiger partial charge in [0.2, 0.25) is 5.69 Å². The van der Waals surface area contributed by atoms with Gasteiger partial charge in [-0.05, 0) is 44.2 Å². The number of fused-ring (bicyclic) bond motifs is 2. The molecule has 9 heteroatoms. The Hall–Kier alpha value is -3.43. The van der Waals surface area contributed by atoms with Gasteiger partial charge in [0.1, 0.15) is 33.6 Å². The Bertz CT molecular complexity index is 1580. The van der Waals surface area contributed by atoms with Crippen LogP contribution in [0.4, 0.5) is 11.4 Å². The number of rotatable bonds is 7. The third-order valence-electron chi connectivity index (χ3n) is 6.71. The highest BCUT2D eigenvalue weighted by molar-refractivity contribution is 7.85. The molecule has 0 aliphatic carbocycles. The summed E-state index contributed by atoms with van der Waals surface area (Å²) in [6, 6.07) is 9.65. The number of nitrogens with zero attached hydrogens (tertiary/aromatic N) is 2. The van der Waals surface area contributed by atoms with Crippen molar-refractivity contribution in [2.24, 2.45) is 0 Å². The summed E-state index contributed by atoms with van der Waals surface area (Å²) in [5.41, 5.74) is 2.16. The van der Waals surface area contributed by atoms with Crippen molar-refractivity contribution in [1.29, 1.82) is 0 Å². The standard InChI is InChI=1S/C27H30N2O6S/c1-6-7-14-29-22-12-9-18(36(32,33)34)16-21(22)27(2,3)24(29)13-11-20-25(30)19-10-8-17(28(4)5)15-23(19)35-26(20)31/h8-13,15-16H,6-7,14H2,1-5H3,(H,32,33,34). The zero-order valence-electron chi connectivity index (χ0n) is 21.0. The van der Waals surface area contributed by atoms with E-state index in [1.165, 1.54) is 18.2 Å². The summed E-state index contributed by atoms with van der Waals surface area (Å²) >= 11 is 0. The van der Waals surface area contributed by atoms with Gasteiger partial charge in [-0.2, -0.15) is 4.58 Å². The summed E-state index contributed by atoms with van der Waals surface area (Å²) in [7, 11) is -0.869. The average molecular weight is 511 g/mol. The summed E-state index contributed by atoms with van der Waals surface area (Å²) in [5.74, 6) is -0.170. The van der Waals surface area contributed by atoms with E-state index < -0.39 is 21.2 Å². The topological polar surface area (TPSA) is 114 Å². The number of hydrogen-bond donors (Lipinski definition) is 1. The molecule has 0 amide bonds. The van der Waals surface area contributed by atoms with E-state index in [1.54, 1.807) is 24.3 Å².